The van der Waals surface area contributed by atoms with Crippen molar-refractivity contribution in [1.82, 2.24) is 15.0 Å². The Morgan fingerprint density at radius 2 is 1.71 bits per heavy atom. The van der Waals surface area contributed by atoms with Crippen LogP contribution in [0.3, 0.4) is 0 Å². The summed E-state index contributed by atoms with van der Waals surface area (Å²) in [7, 11) is 3.03. The number of nitrogens with zero attached hydrogens (tertiary/aromatic N) is 3. The molecule has 6 heteroatoms. The van der Waals surface area contributed by atoms with Gasteiger partial charge in [0.1, 0.15) is 0 Å². The second-order valence-electron chi connectivity index (χ2n) is 3.82. The molecular formula is C11H20N4O2. The van der Waals surface area contributed by atoms with Crippen LogP contribution >= 0.6 is 0 Å². The fourth-order valence-corrected chi connectivity index (χ4v) is 1.39. The van der Waals surface area contributed by atoms with Gasteiger partial charge >= 0.3 is 12.0 Å². The summed E-state index contributed by atoms with van der Waals surface area (Å²) >= 11 is 0. The SMILES string of the molecule is CCCCC(C)Nc1nc(OC)nc(OC)n1. The number of hydrogen-bond acceptors (Lipinski definition) is 6. The zero-order chi connectivity index (χ0) is 12.7. The van der Waals surface area contributed by atoms with Gasteiger partial charge in [-0.15, -0.1) is 4.98 Å². The Kier molecular flexibility index (Phi) is 5.45. The van der Waals surface area contributed by atoms with Gasteiger partial charge in [0.25, 0.3) is 0 Å². The molecule has 1 aromatic rings. The van der Waals surface area contributed by atoms with E-state index in [4.69, 9.17) is 9.47 Å². The number of rotatable bonds is 7. The monoisotopic (exact) mass is 240 g/mol. The minimum atomic E-state index is 0.252. The Bertz CT molecular complexity index is 324. The Hall–Kier alpha value is -1.59. The van der Waals surface area contributed by atoms with Crippen molar-refractivity contribution in [3.05, 3.63) is 0 Å². The molecule has 6 nitrogen and oxygen atoms in total. The smallest absolute Gasteiger partial charge is 0.324 e. The van der Waals surface area contributed by atoms with E-state index in [0.29, 0.717) is 12.0 Å². The van der Waals surface area contributed by atoms with Gasteiger partial charge in [-0.2, -0.15) is 9.97 Å². The van der Waals surface area contributed by atoms with Crippen LogP contribution < -0.4 is 14.8 Å². The number of aromatic nitrogens is 3. The summed E-state index contributed by atoms with van der Waals surface area (Å²) in [4.78, 5) is 12.2. The van der Waals surface area contributed by atoms with Crippen LogP contribution in [-0.4, -0.2) is 35.2 Å². The van der Waals surface area contributed by atoms with Gasteiger partial charge in [0, 0.05) is 6.04 Å². The van der Waals surface area contributed by atoms with E-state index >= 15 is 0 Å². The van der Waals surface area contributed by atoms with Gasteiger partial charge in [-0.3, -0.25) is 0 Å². The third kappa shape index (κ3) is 4.42. The first-order valence-electron chi connectivity index (χ1n) is 5.80. The lowest BCUT2D eigenvalue weighted by Gasteiger charge is -2.13. The molecule has 1 unspecified atom stereocenters. The maximum absolute atomic E-state index is 4.98. The zero-order valence-electron chi connectivity index (χ0n) is 10.9. The van der Waals surface area contributed by atoms with Gasteiger partial charge in [-0.1, -0.05) is 19.8 Å². The highest BCUT2D eigenvalue weighted by Crippen LogP contribution is 2.13. The molecule has 1 heterocycles. The summed E-state index contributed by atoms with van der Waals surface area (Å²) in [5.41, 5.74) is 0. The van der Waals surface area contributed by atoms with Crippen molar-refractivity contribution in [1.29, 1.82) is 0 Å². The van der Waals surface area contributed by atoms with E-state index in [1.807, 2.05) is 0 Å². The first-order valence-corrected chi connectivity index (χ1v) is 5.80. The van der Waals surface area contributed by atoms with E-state index < -0.39 is 0 Å². The summed E-state index contributed by atoms with van der Waals surface area (Å²) in [5, 5.41) is 3.20. The maximum Gasteiger partial charge on any atom is 0.324 e. The summed E-state index contributed by atoms with van der Waals surface area (Å²) in [5.74, 6) is 0.484. The molecular weight excluding hydrogens is 220 g/mol. The van der Waals surface area contributed by atoms with Crippen LogP contribution in [-0.2, 0) is 0 Å². The fraction of sp³-hybridized carbons (Fsp3) is 0.727. The lowest BCUT2D eigenvalue weighted by atomic mass is 10.1. The zero-order valence-corrected chi connectivity index (χ0v) is 10.9. The minimum Gasteiger partial charge on any atom is -0.467 e. The lowest BCUT2D eigenvalue weighted by Crippen LogP contribution is -2.17. The van der Waals surface area contributed by atoms with Gasteiger partial charge in [0.2, 0.25) is 5.95 Å². The van der Waals surface area contributed by atoms with Crippen LogP contribution in [0.15, 0.2) is 0 Å². The number of methoxy groups -OCH3 is 2. The van der Waals surface area contributed by atoms with Crippen molar-refractivity contribution in [2.75, 3.05) is 19.5 Å². The number of unbranched alkanes of at least 4 members (excludes halogenated alkanes) is 1. The fourth-order valence-electron chi connectivity index (χ4n) is 1.39. The maximum atomic E-state index is 4.98. The van der Waals surface area contributed by atoms with E-state index in [1.54, 1.807) is 0 Å². The predicted molar refractivity (Wildman–Crippen MR) is 65.5 cm³/mol. The third-order valence-electron chi connectivity index (χ3n) is 2.33. The highest BCUT2D eigenvalue weighted by Gasteiger charge is 2.09. The van der Waals surface area contributed by atoms with Crippen LogP contribution in [0.25, 0.3) is 0 Å². The quantitative estimate of drug-likeness (QED) is 0.784. The average Bonchev–Trinajstić information content (AvgIpc) is 2.35. The number of nitrogens with one attached hydrogen (secondary N) is 1. The van der Waals surface area contributed by atoms with Crippen LogP contribution in [0.2, 0.25) is 0 Å². The third-order valence-corrected chi connectivity index (χ3v) is 2.33. The van der Waals surface area contributed by atoms with E-state index in [-0.39, 0.29) is 12.0 Å². The lowest BCUT2D eigenvalue weighted by molar-refractivity contribution is 0.341. The standard InChI is InChI=1S/C11H20N4O2/c1-5-6-7-8(2)12-9-13-10(16-3)15-11(14-9)17-4/h8H,5-7H2,1-4H3,(H,12,13,14,15). The van der Waals surface area contributed by atoms with Gasteiger partial charge in [0.05, 0.1) is 14.2 Å². The van der Waals surface area contributed by atoms with Crippen molar-refractivity contribution in [2.45, 2.75) is 39.2 Å². The van der Waals surface area contributed by atoms with Crippen molar-refractivity contribution in [3.63, 3.8) is 0 Å². The molecule has 17 heavy (non-hydrogen) atoms. The molecule has 1 aromatic heterocycles. The first kappa shape index (κ1) is 13.5. The van der Waals surface area contributed by atoms with Gasteiger partial charge in [-0.25, -0.2) is 0 Å². The Labute approximate surface area is 102 Å². The van der Waals surface area contributed by atoms with Gasteiger partial charge < -0.3 is 14.8 Å². The Balaban J connectivity index is 2.68. The number of hydrogen-bond donors (Lipinski definition) is 1. The molecule has 0 spiro atoms. The molecule has 0 aromatic carbocycles. The van der Waals surface area contributed by atoms with Crippen LogP contribution in [0.4, 0.5) is 5.95 Å². The van der Waals surface area contributed by atoms with E-state index in [2.05, 4.69) is 34.1 Å². The molecule has 0 aliphatic carbocycles. The van der Waals surface area contributed by atoms with Crippen molar-refractivity contribution in [3.8, 4) is 12.0 Å². The Morgan fingerprint density at radius 1 is 1.12 bits per heavy atom. The summed E-state index contributed by atoms with van der Waals surface area (Å²) in [6.07, 6.45) is 3.43. The van der Waals surface area contributed by atoms with E-state index in [9.17, 15) is 0 Å². The van der Waals surface area contributed by atoms with Crippen molar-refractivity contribution in [2.24, 2.45) is 0 Å². The van der Waals surface area contributed by atoms with Crippen LogP contribution in [0, 0.1) is 0 Å². The molecule has 0 bridgehead atoms. The highest BCUT2D eigenvalue weighted by atomic mass is 16.5. The predicted octanol–water partition coefficient (Wildman–Crippen LogP) is 1.88. The topological polar surface area (TPSA) is 69.2 Å². The first-order chi connectivity index (χ1) is 8.19. The second-order valence-corrected chi connectivity index (χ2v) is 3.82. The summed E-state index contributed by atoms with van der Waals surface area (Å²) in [6, 6.07) is 0.816. The molecule has 0 aliphatic rings. The van der Waals surface area contributed by atoms with E-state index in [0.717, 1.165) is 6.42 Å². The molecule has 0 aliphatic heterocycles. The molecule has 0 fully saturated rings. The van der Waals surface area contributed by atoms with Crippen molar-refractivity contribution >= 4 is 5.95 Å². The number of ether oxygens (including phenoxy) is 2. The summed E-state index contributed by atoms with van der Waals surface area (Å²) in [6.45, 7) is 4.26. The molecule has 0 radical (unpaired) electrons. The minimum absolute atomic E-state index is 0.252. The van der Waals surface area contributed by atoms with Crippen molar-refractivity contribution < 1.29 is 9.47 Å². The van der Waals surface area contributed by atoms with Crippen LogP contribution in [0.1, 0.15) is 33.1 Å². The molecule has 1 rings (SSSR count). The normalized spacial score (nSPS) is 12.0. The molecule has 1 atom stereocenters. The largest absolute Gasteiger partial charge is 0.467 e. The van der Waals surface area contributed by atoms with Gasteiger partial charge in [-0.05, 0) is 13.3 Å². The molecule has 96 valence electrons. The molecule has 0 amide bonds. The average molecular weight is 240 g/mol. The molecule has 1 N–H and O–H groups in total. The Morgan fingerprint density at radius 3 is 2.18 bits per heavy atom. The van der Waals surface area contributed by atoms with Crippen LogP contribution in [0.5, 0.6) is 12.0 Å². The molecule has 0 saturated heterocycles. The second kappa shape index (κ2) is 6.88. The number of anilines is 1. The highest BCUT2D eigenvalue weighted by molar-refractivity contribution is 5.28. The van der Waals surface area contributed by atoms with E-state index in [1.165, 1.54) is 27.1 Å². The molecule has 0 saturated carbocycles. The van der Waals surface area contributed by atoms with Gasteiger partial charge in [0.15, 0.2) is 0 Å². The summed E-state index contributed by atoms with van der Waals surface area (Å²) < 4.78 is 9.96.